The van der Waals surface area contributed by atoms with Crippen LogP contribution in [0.1, 0.15) is 32.1 Å². The molecule has 0 saturated heterocycles. The molecular weight excluding hydrogens is 266 g/mol. The fourth-order valence-corrected chi connectivity index (χ4v) is 2.93. The number of rotatable bonds is 6. The molecule has 2 rings (SSSR count). The molecule has 21 heavy (non-hydrogen) atoms. The quantitative estimate of drug-likeness (QED) is 0.756. The summed E-state index contributed by atoms with van der Waals surface area (Å²) in [5, 5.41) is 0. The fraction of sp³-hybridized carbons (Fsp3) is 0.588. The third kappa shape index (κ3) is 4.74. The molecule has 2 atom stereocenters. The van der Waals surface area contributed by atoms with Crippen LogP contribution in [-0.2, 0) is 9.53 Å². The lowest BCUT2D eigenvalue weighted by Gasteiger charge is -2.37. The van der Waals surface area contributed by atoms with Crippen molar-refractivity contribution in [3.63, 3.8) is 0 Å². The highest BCUT2D eigenvalue weighted by Gasteiger charge is 2.30. The zero-order chi connectivity index (χ0) is 15.1. The predicted octanol–water partition coefficient (Wildman–Crippen LogP) is 2.87. The van der Waals surface area contributed by atoms with E-state index in [1.165, 1.54) is 20.0 Å². The summed E-state index contributed by atoms with van der Waals surface area (Å²) in [6.45, 7) is 0.714. The van der Waals surface area contributed by atoms with Crippen LogP contribution in [0.3, 0.4) is 0 Å². The summed E-state index contributed by atoms with van der Waals surface area (Å²) in [7, 11) is 3.50. The molecule has 0 radical (unpaired) electrons. The summed E-state index contributed by atoms with van der Waals surface area (Å²) in [5.41, 5.74) is 0. The lowest BCUT2D eigenvalue weighted by Crippen LogP contribution is -2.46. The molecule has 1 aromatic rings. The van der Waals surface area contributed by atoms with Gasteiger partial charge < -0.3 is 9.47 Å². The number of para-hydroxylation sites is 1. The van der Waals surface area contributed by atoms with Crippen LogP contribution in [0.15, 0.2) is 30.3 Å². The molecule has 0 aliphatic heterocycles. The first-order chi connectivity index (χ1) is 10.2. The lowest BCUT2D eigenvalue weighted by molar-refractivity contribution is -0.141. The molecule has 116 valence electrons. The number of benzene rings is 1. The Morgan fingerprint density at radius 2 is 1.95 bits per heavy atom. The van der Waals surface area contributed by atoms with Gasteiger partial charge in [0.2, 0.25) is 0 Å². The maximum Gasteiger partial charge on any atom is 0.306 e. The molecule has 0 heterocycles. The monoisotopic (exact) mass is 291 g/mol. The van der Waals surface area contributed by atoms with Crippen LogP contribution in [0.4, 0.5) is 0 Å². The van der Waals surface area contributed by atoms with Gasteiger partial charge in [-0.15, -0.1) is 0 Å². The highest BCUT2D eigenvalue weighted by molar-refractivity contribution is 5.69. The highest BCUT2D eigenvalue weighted by Crippen LogP contribution is 2.26. The minimum atomic E-state index is -0.154. The zero-order valence-electron chi connectivity index (χ0n) is 13.0. The second-order valence-electron chi connectivity index (χ2n) is 5.63. The van der Waals surface area contributed by atoms with E-state index < -0.39 is 0 Å². The number of ether oxygens (including phenoxy) is 2. The van der Waals surface area contributed by atoms with Gasteiger partial charge in [-0.25, -0.2) is 0 Å². The molecule has 0 spiro atoms. The second-order valence-corrected chi connectivity index (χ2v) is 5.63. The van der Waals surface area contributed by atoms with Crippen LogP contribution in [-0.4, -0.2) is 43.7 Å². The maximum atomic E-state index is 11.3. The van der Waals surface area contributed by atoms with Crippen molar-refractivity contribution in [3.8, 4) is 5.75 Å². The van der Waals surface area contributed by atoms with Gasteiger partial charge in [0.15, 0.2) is 0 Å². The Labute approximate surface area is 127 Å². The molecule has 1 aromatic carbocycles. The molecule has 1 fully saturated rings. The van der Waals surface area contributed by atoms with Crippen LogP contribution in [0.2, 0.25) is 0 Å². The Kier molecular flexibility index (Phi) is 6.05. The molecule has 0 unspecified atom stereocenters. The summed E-state index contributed by atoms with van der Waals surface area (Å²) in [4.78, 5) is 13.5. The van der Waals surface area contributed by atoms with Crippen LogP contribution < -0.4 is 4.74 Å². The van der Waals surface area contributed by atoms with E-state index in [0.29, 0.717) is 19.0 Å². The first-order valence-corrected chi connectivity index (χ1v) is 7.69. The standard InChI is InChI=1S/C17H25NO3/c1-18(13-12-17(19)20-2)15-10-6-7-11-16(15)21-14-8-4-3-5-9-14/h3-5,8-9,15-16H,6-7,10-13H2,1-2H3/t15-,16-/m0/s1. The van der Waals surface area contributed by atoms with Crippen molar-refractivity contribution in [3.05, 3.63) is 30.3 Å². The Morgan fingerprint density at radius 1 is 1.24 bits per heavy atom. The smallest absolute Gasteiger partial charge is 0.306 e. The number of esters is 1. The van der Waals surface area contributed by atoms with Crippen molar-refractivity contribution in [1.82, 2.24) is 4.90 Å². The number of carbonyl (C=O) groups excluding carboxylic acids is 1. The van der Waals surface area contributed by atoms with Gasteiger partial charge in [0, 0.05) is 12.6 Å². The minimum absolute atomic E-state index is 0.154. The van der Waals surface area contributed by atoms with E-state index in [2.05, 4.69) is 11.9 Å². The first-order valence-electron chi connectivity index (χ1n) is 7.69. The lowest BCUT2D eigenvalue weighted by atomic mass is 9.91. The van der Waals surface area contributed by atoms with Gasteiger partial charge in [0.05, 0.1) is 13.5 Å². The van der Waals surface area contributed by atoms with Gasteiger partial charge >= 0.3 is 5.97 Å². The average Bonchev–Trinajstić information content (AvgIpc) is 2.53. The Hall–Kier alpha value is -1.55. The third-order valence-electron chi connectivity index (χ3n) is 4.16. The average molecular weight is 291 g/mol. The minimum Gasteiger partial charge on any atom is -0.489 e. The number of carbonyl (C=O) groups is 1. The zero-order valence-corrected chi connectivity index (χ0v) is 13.0. The molecule has 1 saturated carbocycles. The van der Waals surface area contributed by atoms with E-state index in [4.69, 9.17) is 9.47 Å². The Balaban J connectivity index is 1.93. The molecule has 4 heteroatoms. The third-order valence-corrected chi connectivity index (χ3v) is 4.16. The topological polar surface area (TPSA) is 38.8 Å². The number of hydrogen-bond donors (Lipinski definition) is 0. The van der Waals surface area contributed by atoms with Crippen molar-refractivity contribution in [2.24, 2.45) is 0 Å². The van der Waals surface area contributed by atoms with Crippen molar-refractivity contribution >= 4 is 5.97 Å². The molecular formula is C17H25NO3. The number of nitrogens with zero attached hydrogens (tertiary/aromatic N) is 1. The fourth-order valence-electron chi connectivity index (χ4n) is 2.93. The second kappa shape index (κ2) is 8.03. The molecule has 0 N–H and O–H groups in total. The van der Waals surface area contributed by atoms with Crippen molar-refractivity contribution < 1.29 is 14.3 Å². The van der Waals surface area contributed by atoms with Gasteiger partial charge in [0.25, 0.3) is 0 Å². The van der Waals surface area contributed by atoms with Gasteiger partial charge in [-0.05, 0) is 38.4 Å². The van der Waals surface area contributed by atoms with E-state index >= 15 is 0 Å². The van der Waals surface area contributed by atoms with E-state index in [9.17, 15) is 4.79 Å². The molecule has 0 bridgehead atoms. The van der Waals surface area contributed by atoms with Gasteiger partial charge in [0.1, 0.15) is 11.9 Å². The summed E-state index contributed by atoms with van der Waals surface area (Å²) >= 11 is 0. The normalized spacial score (nSPS) is 22.0. The Morgan fingerprint density at radius 3 is 2.67 bits per heavy atom. The van der Waals surface area contributed by atoms with Crippen molar-refractivity contribution in [2.75, 3.05) is 20.7 Å². The SMILES string of the molecule is COC(=O)CCN(C)[C@H]1CCCC[C@@H]1Oc1ccccc1. The number of hydrogen-bond acceptors (Lipinski definition) is 4. The number of methoxy groups -OCH3 is 1. The Bertz CT molecular complexity index is 435. The van der Waals surface area contributed by atoms with Gasteiger partial charge in [-0.2, -0.15) is 0 Å². The van der Waals surface area contributed by atoms with Crippen molar-refractivity contribution in [2.45, 2.75) is 44.2 Å². The predicted molar refractivity (Wildman–Crippen MR) is 82.4 cm³/mol. The molecule has 1 aliphatic rings. The van der Waals surface area contributed by atoms with Crippen molar-refractivity contribution in [1.29, 1.82) is 0 Å². The summed E-state index contributed by atoms with van der Waals surface area (Å²) in [5.74, 6) is 0.772. The van der Waals surface area contributed by atoms with Crippen LogP contribution in [0.25, 0.3) is 0 Å². The summed E-state index contributed by atoms with van der Waals surface area (Å²) < 4.78 is 10.9. The van der Waals surface area contributed by atoms with E-state index in [1.807, 2.05) is 30.3 Å². The molecule has 0 amide bonds. The molecule has 4 nitrogen and oxygen atoms in total. The van der Waals surface area contributed by atoms with Crippen LogP contribution in [0.5, 0.6) is 5.75 Å². The largest absolute Gasteiger partial charge is 0.489 e. The summed E-state index contributed by atoms with van der Waals surface area (Å²) in [6.07, 6.45) is 5.25. The molecule has 0 aromatic heterocycles. The van der Waals surface area contributed by atoms with E-state index in [0.717, 1.165) is 18.6 Å². The maximum absolute atomic E-state index is 11.3. The first kappa shape index (κ1) is 15.8. The van der Waals surface area contributed by atoms with Gasteiger partial charge in [-0.1, -0.05) is 24.6 Å². The summed E-state index contributed by atoms with van der Waals surface area (Å²) in [6, 6.07) is 10.3. The van der Waals surface area contributed by atoms with E-state index in [1.54, 1.807) is 0 Å². The number of likely N-dealkylation sites (N-methyl/N-ethyl adjacent to an activating group) is 1. The van der Waals surface area contributed by atoms with E-state index in [-0.39, 0.29) is 12.1 Å². The highest BCUT2D eigenvalue weighted by atomic mass is 16.5. The van der Waals surface area contributed by atoms with Crippen LogP contribution in [0, 0.1) is 0 Å². The molecule has 1 aliphatic carbocycles. The van der Waals surface area contributed by atoms with Crippen LogP contribution >= 0.6 is 0 Å². The van der Waals surface area contributed by atoms with Gasteiger partial charge in [-0.3, -0.25) is 9.69 Å².